The molecule has 42 heavy (non-hydrogen) atoms. The molecule has 0 spiro atoms. The summed E-state index contributed by atoms with van der Waals surface area (Å²) in [6.07, 6.45) is 4.09. The van der Waals surface area contributed by atoms with Gasteiger partial charge in [0.15, 0.2) is 5.11 Å². The van der Waals surface area contributed by atoms with Crippen LogP contribution in [-0.2, 0) is 6.42 Å². The van der Waals surface area contributed by atoms with Crippen LogP contribution in [0.5, 0.6) is 0 Å². The zero-order chi connectivity index (χ0) is 29.5. The second kappa shape index (κ2) is 11.7. The molecule has 4 atom stereocenters. The molecule has 2 aromatic carbocycles. The molecule has 2 aliphatic rings. The number of aryl methyl sites for hydroxylation is 2. The van der Waals surface area contributed by atoms with E-state index >= 15 is 0 Å². The molecule has 5 nitrogen and oxygen atoms in total. The number of pyridine rings is 1. The largest absolute Gasteiger partial charge is 0.370 e. The minimum Gasteiger partial charge on any atom is -0.370 e. The van der Waals surface area contributed by atoms with Crippen LogP contribution in [-0.4, -0.2) is 27.8 Å². The summed E-state index contributed by atoms with van der Waals surface area (Å²) in [5.41, 5.74) is 9.23. The SMILES string of the molecule is CCc1ccccc1-n1c(C)cc([C@@H]2[C@@H](c3ccccn3)NC(=S)N2c2ccc(N3C[C@H](C)C[C@H](C)C3)c(Cl)c2)c1C. The van der Waals surface area contributed by atoms with E-state index in [-0.39, 0.29) is 12.1 Å². The van der Waals surface area contributed by atoms with Crippen LogP contribution in [0.15, 0.2) is 72.9 Å². The third-order valence-electron chi connectivity index (χ3n) is 8.92. The molecular weight excluding hydrogens is 558 g/mol. The standard InChI is InChI=1S/C35H40ClN5S/c1-6-26-11-7-8-13-31(26)40-24(4)18-28(25(40)5)34-33(30-12-9-10-16-37-30)38-35(42)41(34)27-14-15-32(29(36)19-27)39-20-22(2)17-23(3)21-39/h7-16,18-19,22-23,33-34H,6,17,20-21H2,1-5H3,(H,38,42)/t22-,23+,33-,34-/m1/s1. The smallest absolute Gasteiger partial charge is 0.174 e. The Hall–Kier alpha value is -3.35. The van der Waals surface area contributed by atoms with E-state index in [1.165, 1.54) is 34.6 Å². The zero-order valence-electron chi connectivity index (χ0n) is 25.1. The molecule has 4 heterocycles. The van der Waals surface area contributed by atoms with Gasteiger partial charge in [0.25, 0.3) is 0 Å². The first-order chi connectivity index (χ1) is 20.3. The Balaban J connectivity index is 1.45. The van der Waals surface area contributed by atoms with Crippen molar-refractivity contribution in [3.63, 3.8) is 0 Å². The van der Waals surface area contributed by atoms with Gasteiger partial charge < -0.3 is 19.7 Å². The number of hydrogen-bond donors (Lipinski definition) is 1. The van der Waals surface area contributed by atoms with Crippen molar-refractivity contribution in [3.05, 3.63) is 106 Å². The van der Waals surface area contributed by atoms with E-state index < -0.39 is 0 Å². The van der Waals surface area contributed by atoms with Crippen molar-refractivity contribution in [2.75, 3.05) is 22.9 Å². The first kappa shape index (κ1) is 28.8. The van der Waals surface area contributed by atoms with Gasteiger partial charge in [-0.3, -0.25) is 4.98 Å². The maximum atomic E-state index is 7.06. The number of aromatic nitrogens is 2. The van der Waals surface area contributed by atoms with E-state index in [4.69, 9.17) is 28.8 Å². The second-order valence-corrected chi connectivity index (χ2v) is 12.9. The van der Waals surface area contributed by atoms with Crippen LogP contribution < -0.4 is 15.1 Å². The van der Waals surface area contributed by atoms with Gasteiger partial charge in [-0.2, -0.15) is 0 Å². The molecule has 2 saturated heterocycles. The lowest BCUT2D eigenvalue weighted by atomic mass is 9.91. The lowest BCUT2D eigenvalue weighted by Gasteiger charge is -2.37. The van der Waals surface area contributed by atoms with Crippen molar-refractivity contribution in [3.8, 4) is 5.69 Å². The Morgan fingerprint density at radius 1 is 0.952 bits per heavy atom. The number of nitrogens with one attached hydrogen (secondary N) is 1. The van der Waals surface area contributed by atoms with E-state index in [1.54, 1.807) is 0 Å². The second-order valence-electron chi connectivity index (χ2n) is 12.1. The highest BCUT2D eigenvalue weighted by Gasteiger charge is 2.42. The number of thiocarbonyl (C=S) groups is 1. The van der Waals surface area contributed by atoms with Gasteiger partial charge in [0.05, 0.1) is 28.5 Å². The summed E-state index contributed by atoms with van der Waals surface area (Å²) in [5, 5.41) is 5.07. The molecule has 2 aliphatic heterocycles. The van der Waals surface area contributed by atoms with Crippen LogP contribution >= 0.6 is 23.8 Å². The van der Waals surface area contributed by atoms with Crippen molar-refractivity contribution >= 4 is 40.3 Å². The maximum Gasteiger partial charge on any atom is 0.174 e. The Morgan fingerprint density at radius 2 is 1.69 bits per heavy atom. The highest BCUT2D eigenvalue weighted by atomic mass is 35.5. The first-order valence-electron chi connectivity index (χ1n) is 15.1. The third-order valence-corrected chi connectivity index (χ3v) is 9.54. The lowest BCUT2D eigenvalue weighted by molar-refractivity contribution is 0.357. The van der Waals surface area contributed by atoms with E-state index in [2.05, 4.69) is 109 Å². The molecule has 7 heteroatoms. The van der Waals surface area contributed by atoms with E-state index in [0.717, 1.165) is 41.6 Å². The Labute approximate surface area is 260 Å². The molecule has 2 fully saturated rings. The highest BCUT2D eigenvalue weighted by molar-refractivity contribution is 7.80. The number of hydrogen-bond acceptors (Lipinski definition) is 3. The molecule has 0 aliphatic carbocycles. The van der Waals surface area contributed by atoms with Crippen molar-refractivity contribution in [1.82, 2.24) is 14.9 Å². The van der Waals surface area contributed by atoms with Crippen molar-refractivity contribution in [1.29, 1.82) is 0 Å². The Morgan fingerprint density at radius 3 is 2.38 bits per heavy atom. The number of halogens is 1. The average molecular weight is 598 g/mol. The Bertz CT molecular complexity index is 1590. The van der Waals surface area contributed by atoms with Crippen LogP contribution in [0, 0.1) is 25.7 Å². The number of piperidine rings is 1. The van der Waals surface area contributed by atoms with Gasteiger partial charge in [0, 0.05) is 42.0 Å². The Kier molecular flexibility index (Phi) is 8.03. The summed E-state index contributed by atoms with van der Waals surface area (Å²) in [6.45, 7) is 13.3. The summed E-state index contributed by atoms with van der Waals surface area (Å²) in [5.74, 6) is 1.30. The van der Waals surface area contributed by atoms with E-state index in [1.807, 2.05) is 18.3 Å². The molecule has 2 aromatic heterocycles. The van der Waals surface area contributed by atoms with Crippen molar-refractivity contribution in [2.24, 2.45) is 11.8 Å². The van der Waals surface area contributed by atoms with Crippen LogP contribution in [0.2, 0.25) is 5.02 Å². The average Bonchev–Trinajstić information content (AvgIpc) is 3.47. The molecule has 1 N–H and O–H groups in total. The fourth-order valence-corrected chi connectivity index (χ4v) is 7.84. The van der Waals surface area contributed by atoms with Crippen LogP contribution in [0.3, 0.4) is 0 Å². The van der Waals surface area contributed by atoms with Gasteiger partial charge in [0.1, 0.15) is 0 Å². The van der Waals surface area contributed by atoms with Gasteiger partial charge in [0.2, 0.25) is 0 Å². The summed E-state index contributed by atoms with van der Waals surface area (Å²) in [4.78, 5) is 9.44. The summed E-state index contributed by atoms with van der Waals surface area (Å²) < 4.78 is 2.39. The van der Waals surface area contributed by atoms with Gasteiger partial charge >= 0.3 is 0 Å². The van der Waals surface area contributed by atoms with Gasteiger partial charge in [-0.15, -0.1) is 0 Å². The molecule has 0 radical (unpaired) electrons. The molecule has 218 valence electrons. The summed E-state index contributed by atoms with van der Waals surface area (Å²) >= 11 is 13.1. The molecule has 0 saturated carbocycles. The number of nitrogens with zero attached hydrogens (tertiary/aromatic N) is 4. The fourth-order valence-electron chi connectivity index (χ4n) is 7.20. The zero-order valence-corrected chi connectivity index (χ0v) is 26.7. The van der Waals surface area contributed by atoms with Crippen LogP contribution in [0.25, 0.3) is 5.69 Å². The van der Waals surface area contributed by atoms with Crippen LogP contribution in [0.4, 0.5) is 11.4 Å². The van der Waals surface area contributed by atoms with Crippen molar-refractivity contribution in [2.45, 2.75) is 59.5 Å². The van der Waals surface area contributed by atoms with Crippen LogP contribution in [0.1, 0.15) is 67.5 Å². The topological polar surface area (TPSA) is 36.3 Å². The third kappa shape index (κ3) is 5.20. The monoisotopic (exact) mass is 597 g/mol. The van der Waals surface area contributed by atoms with Gasteiger partial charge in [-0.05, 0) is 104 Å². The molecule has 0 amide bonds. The molecule has 0 unspecified atom stereocenters. The minimum atomic E-state index is -0.115. The van der Waals surface area contributed by atoms with E-state index in [0.29, 0.717) is 16.9 Å². The van der Waals surface area contributed by atoms with E-state index in [9.17, 15) is 0 Å². The number of anilines is 2. The molecular formula is C35H40ClN5S. The highest BCUT2D eigenvalue weighted by Crippen LogP contribution is 2.45. The summed E-state index contributed by atoms with van der Waals surface area (Å²) in [6, 6.07) is 23.3. The predicted octanol–water partition coefficient (Wildman–Crippen LogP) is 8.36. The molecule has 0 bridgehead atoms. The summed E-state index contributed by atoms with van der Waals surface area (Å²) in [7, 11) is 0. The quantitative estimate of drug-likeness (QED) is 0.226. The van der Waals surface area contributed by atoms with Gasteiger partial charge in [-0.1, -0.05) is 56.6 Å². The molecule has 4 aromatic rings. The maximum absolute atomic E-state index is 7.06. The minimum absolute atomic E-state index is 0.0990. The number of rotatable bonds is 6. The van der Waals surface area contributed by atoms with Gasteiger partial charge in [-0.25, -0.2) is 0 Å². The predicted molar refractivity (Wildman–Crippen MR) is 179 cm³/mol. The fraction of sp³-hybridized carbons (Fsp3) is 0.371. The van der Waals surface area contributed by atoms with Crippen molar-refractivity contribution < 1.29 is 0 Å². The number of benzene rings is 2. The lowest BCUT2D eigenvalue weighted by Crippen LogP contribution is -2.38. The number of para-hydroxylation sites is 1. The molecule has 6 rings (SSSR count). The first-order valence-corrected chi connectivity index (χ1v) is 15.9. The normalized spacial score (nSPS) is 22.5.